The molecule has 4 aromatic rings. The van der Waals surface area contributed by atoms with Crippen LogP contribution >= 0.6 is 0 Å². The number of benzene rings is 3. The lowest BCUT2D eigenvalue weighted by atomic mass is 9.97. The van der Waals surface area contributed by atoms with E-state index in [-0.39, 0.29) is 29.2 Å². The van der Waals surface area contributed by atoms with Gasteiger partial charge in [0.05, 0.1) is 17.1 Å². The number of nitrogens with one attached hydrogen (secondary N) is 1. The summed E-state index contributed by atoms with van der Waals surface area (Å²) in [6, 6.07) is 19.8. The van der Waals surface area contributed by atoms with Crippen molar-refractivity contribution >= 4 is 28.6 Å². The zero-order valence-corrected chi connectivity index (χ0v) is 19.3. The number of carbonyl (C=O) groups excluding carboxylic acids is 2. The van der Waals surface area contributed by atoms with Crippen molar-refractivity contribution in [3.63, 3.8) is 0 Å². The van der Waals surface area contributed by atoms with Gasteiger partial charge in [0.15, 0.2) is 5.78 Å². The Labute approximate surface area is 202 Å². The van der Waals surface area contributed by atoms with Crippen LogP contribution in [-0.4, -0.2) is 38.9 Å². The van der Waals surface area contributed by atoms with Gasteiger partial charge in [0.25, 0.3) is 5.91 Å². The molecule has 35 heavy (non-hydrogen) atoms. The molecule has 1 atom stereocenters. The summed E-state index contributed by atoms with van der Waals surface area (Å²) >= 11 is 0. The molecule has 0 unspecified atom stereocenters. The molecule has 7 heteroatoms. The summed E-state index contributed by atoms with van der Waals surface area (Å²) in [5, 5.41) is 22.4. The van der Waals surface area contributed by atoms with Crippen LogP contribution in [0.4, 0.5) is 0 Å². The van der Waals surface area contributed by atoms with Crippen LogP contribution in [-0.2, 0) is 11.2 Å². The lowest BCUT2D eigenvalue weighted by Crippen LogP contribution is -2.41. The van der Waals surface area contributed by atoms with Crippen molar-refractivity contribution in [1.82, 2.24) is 10.3 Å². The number of phenols is 1. The average molecular weight is 469 g/mol. The number of carbonyl (C=O) groups is 3. The highest BCUT2D eigenvalue weighted by atomic mass is 16.4. The molecule has 0 aliphatic rings. The third-order valence-corrected chi connectivity index (χ3v) is 5.90. The third-order valence-electron chi connectivity index (χ3n) is 5.90. The van der Waals surface area contributed by atoms with Gasteiger partial charge in [-0.1, -0.05) is 42.5 Å². The van der Waals surface area contributed by atoms with Gasteiger partial charge < -0.3 is 15.5 Å². The Kier molecular flexibility index (Phi) is 6.59. The van der Waals surface area contributed by atoms with Gasteiger partial charge in [0, 0.05) is 5.39 Å². The van der Waals surface area contributed by atoms with Gasteiger partial charge in [-0.15, -0.1) is 0 Å². The fourth-order valence-corrected chi connectivity index (χ4v) is 3.98. The molecule has 0 bridgehead atoms. The summed E-state index contributed by atoms with van der Waals surface area (Å²) in [4.78, 5) is 41.6. The fraction of sp³-hybridized carbons (Fsp3) is 0.143. The minimum Gasteiger partial charge on any atom is -0.508 e. The van der Waals surface area contributed by atoms with E-state index in [9.17, 15) is 24.6 Å². The van der Waals surface area contributed by atoms with Crippen LogP contribution in [0.25, 0.3) is 22.0 Å². The second-order valence-corrected chi connectivity index (χ2v) is 8.41. The highest BCUT2D eigenvalue weighted by molar-refractivity contribution is 6.07. The van der Waals surface area contributed by atoms with E-state index in [1.165, 1.54) is 25.1 Å². The van der Waals surface area contributed by atoms with Crippen LogP contribution in [0.15, 0.2) is 72.8 Å². The van der Waals surface area contributed by atoms with Crippen molar-refractivity contribution in [2.45, 2.75) is 26.3 Å². The van der Waals surface area contributed by atoms with Crippen molar-refractivity contribution < 1.29 is 24.6 Å². The Morgan fingerprint density at radius 3 is 2.34 bits per heavy atom. The molecule has 0 radical (unpaired) electrons. The molecule has 1 heterocycles. The number of nitrogens with zero attached hydrogens (tertiary/aromatic N) is 1. The summed E-state index contributed by atoms with van der Waals surface area (Å²) in [5.41, 5.74) is 3.87. The lowest BCUT2D eigenvalue weighted by molar-refractivity contribution is -0.118. The van der Waals surface area contributed by atoms with Crippen molar-refractivity contribution in [2.24, 2.45) is 0 Å². The standard InChI is InChI=1S/C28H24N2O5/c1-16-5-3-4-6-21(16)19-9-12-24-22(14-19)23(28(34)35)15-26(29-24)27(33)30-25(17(2)31)13-18-7-10-20(32)11-8-18/h3-12,14-15,25,32H,13H2,1-2H3,(H,30,33)(H,34,35)/t25-/m0/s1. The molecular weight excluding hydrogens is 444 g/mol. The van der Waals surface area contributed by atoms with Crippen LogP contribution in [0.5, 0.6) is 5.75 Å². The smallest absolute Gasteiger partial charge is 0.336 e. The second-order valence-electron chi connectivity index (χ2n) is 8.41. The van der Waals surface area contributed by atoms with E-state index in [0.717, 1.165) is 22.3 Å². The number of hydrogen-bond donors (Lipinski definition) is 3. The molecule has 3 aromatic carbocycles. The van der Waals surface area contributed by atoms with Gasteiger partial charge >= 0.3 is 5.97 Å². The zero-order chi connectivity index (χ0) is 25.1. The molecule has 0 spiro atoms. The minimum absolute atomic E-state index is 0.0477. The number of aryl methyl sites for hydroxylation is 1. The molecule has 4 rings (SSSR count). The van der Waals surface area contributed by atoms with Crippen molar-refractivity contribution in [3.05, 3.63) is 95.2 Å². The van der Waals surface area contributed by atoms with E-state index in [0.29, 0.717) is 10.9 Å². The van der Waals surface area contributed by atoms with E-state index in [2.05, 4.69) is 10.3 Å². The summed E-state index contributed by atoms with van der Waals surface area (Å²) in [6.45, 7) is 3.35. The Balaban J connectivity index is 1.67. The molecule has 176 valence electrons. The molecule has 3 N–H and O–H groups in total. The quantitative estimate of drug-likeness (QED) is 0.367. The normalized spacial score (nSPS) is 11.7. The first-order chi connectivity index (χ1) is 16.7. The Morgan fingerprint density at radius 1 is 0.971 bits per heavy atom. The van der Waals surface area contributed by atoms with Crippen LogP contribution in [0.3, 0.4) is 0 Å². The van der Waals surface area contributed by atoms with Crippen LogP contribution in [0.2, 0.25) is 0 Å². The number of Topliss-reactive ketones (excluding diaryl/α,β-unsaturated/α-hetero) is 1. The second kappa shape index (κ2) is 9.77. The van der Waals surface area contributed by atoms with Crippen LogP contribution in [0, 0.1) is 6.92 Å². The maximum atomic E-state index is 13.0. The van der Waals surface area contributed by atoms with Crippen molar-refractivity contribution in [2.75, 3.05) is 0 Å². The molecule has 0 saturated heterocycles. The first-order valence-electron chi connectivity index (χ1n) is 11.1. The predicted octanol–water partition coefficient (Wildman–Crippen LogP) is 4.54. The number of ketones is 1. The number of aromatic hydroxyl groups is 1. The van der Waals surface area contributed by atoms with E-state index in [1.54, 1.807) is 24.3 Å². The molecule has 0 aliphatic heterocycles. The number of amides is 1. The average Bonchev–Trinajstić information content (AvgIpc) is 2.84. The van der Waals surface area contributed by atoms with Gasteiger partial charge in [-0.05, 0) is 72.9 Å². The number of carboxylic acids is 1. The monoisotopic (exact) mass is 468 g/mol. The molecular formula is C28H24N2O5. The predicted molar refractivity (Wildman–Crippen MR) is 133 cm³/mol. The summed E-state index contributed by atoms with van der Waals surface area (Å²) in [5.74, 6) is -1.98. The number of aromatic nitrogens is 1. The summed E-state index contributed by atoms with van der Waals surface area (Å²) in [6.07, 6.45) is 0.223. The lowest BCUT2D eigenvalue weighted by Gasteiger charge is -2.16. The molecule has 1 amide bonds. The number of carboxylic acid groups (broad SMARTS) is 1. The van der Waals surface area contributed by atoms with E-state index < -0.39 is 17.9 Å². The maximum Gasteiger partial charge on any atom is 0.336 e. The number of hydrogen-bond acceptors (Lipinski definition) is 5. The first-order valence-corrected chi connectivity index (χ1v) is 11.1. The largest absolute Gasteiger partial charge is 0.508 e. The van der Waals surface area contributed by atoms with E-state index in [4.69, 9.17) is 0 Å². The van der Waals surface area contributed by atoms with Gasteiger partial charge in [0.1, 0.15) is 11.4 Å². The van der Waals surface area contributed by atoms with E-state index in [1.807, 2.05) is 37.3 Å². The fourth-order valence-electron chi connectivity index (χ4n) is 3.98. The SMILES string of the molecule is CC(=O)[C@H](Cc1ccc(O)cc1)NC(=O)c1cc(C(=O)O)c2cc(-c3ccccc3C)ccc2n1. The number of fused-ring (bicyclic) bond motifs is 1. The number of phenolic OH excluding ortho intramolecular Hbond substituents is 1. The van der Waals surface area contributed by atoms with Crippen molar-refractivity contribution in [1.29, 1.82) is 0 Å². The molecule has 1 aromatic heterocycles. The Hall–Kier alpha value is -4.52. The summed E-state index contributed by atoms with van der Waals surface area (Å²) in [7, 11) is 0. The highest BCUT2D eigenvalue weighted by Crippen LogP contribution is 2.28. The van der Waals surface area contributed by atoms with Crippen LogP contribution < -0.4 is 5.32 Å². The van der Waals surface area contributed by atoms with Gasteiger partial charge in [-0.3, -0.25) is 9.59 Å². The molecule has 0 fully saturated rings. The Morgan fingerprint density at radius 2 is 1.69 bits per heavy atom. The van der Waals surface area contributed by atoms with Gasteiger partial charge in [0.2, 0.25) is 0 Å². The van der Waals surface area contributed by atoms with E-state index >= 15 is 0 Å². The van der Waals surface area contributed by atoms with Crippen molar-refractivity contribution in [3.8, 4) is 16.9 Å². The molecule has 0 saturated carbocycles. The number of rotatable bonds is 7. The third kappa shape index (κ3) is 5.19. The number of aromatic carboxylic acids is 1. The van der Waals surface area contributed by atoms with Gasteiger partial charge in [-0.2, -0.15) is 0 Å². The van der Waals surface area contributed by atoms with Crippen LogP contribution in [0.1, 0.15) is 38.9 Å². The molecule has 7 nitrogen and oxygen atoms in total. The minimum atomic E-state index is -1.18. The highest BCUT2D eigenvalue weighted by Gasteiger charge is 2.22. The maximum absolute atomic E-state index is 13.0. The number of pyridine rings is 1. The topological polar surface area (TPSA) is 117 Å². The molecule has 0 aliphatic carbocycles. The zero-order valence-electron chi connectivity index (χ0n) is 19.3. The summed E-state index contributed by atoms with van der Waals surface area (Å²) < 4.78 is 0. The Bertz CT molecular complexity index is 1440. The van der Waals surface area contributed by atoms with Gasteiger partial charge in [-0.25, -0.2) is 9.78 Å². The first kappa shape index (κ1) is 23.6.